The lowest BCUT2D eigenvalue weighted by molar-refractivity contribution is 0.0727. The van der Waals surface area contributed by atoms with Crippen molar-refractivity contribution in [2.24, 2.45) is 0 Å². The van der Waals surface area contributed by atoms with E-state index in [-0.39, 0.29) is 28.3 Å². The van der Waals surface area contributed by atoms with Gasteiger partial charge >= 0.3 is 5.97 Å². The first-order valence-electron chi connectivity index (χ1n) is 8.03. The molecule has 0 spiro atoms. The normalized spacial score (nSPS) is 10.3. The molecule has 0 unspecified atom stereocenters. The number of rotatable bonds is 6. The van der Waals surface area contributed by atoms with Crippen molar-refractivity contribution in [3.8, 4) is 11.6 Å². The Bertz CT molecular complexity index is 960. The maximum atomic E-state index is 12.4. The Labute approximate surface area is 164 Å². The zero-order valence-electron chi connectivity index (χ0n) is 14.3. The van der Waals surface area contributed by atoms with Gasteiger partial charge in [0.15, 0.2) is 5.69 Å². The number of esters is 1. The predicted octanol–water partition coefficient (Wildman–Crippen LogP) is 4.67. The van der Waals surface area contributed by atoms with E-state index in [1.54, 1.807) is 42.5 Å². The number of nitrogens with zero attached hydrogens (tertiary/aromatic N) is 1. The minimum absolute atomic E-state index is 0.0457. The molecule has 0 aliphatic carbocycles. The second kappa shape index (κ2) is 8.66. The molecule has 0 atom stereocenters. The Morgan fingerprint density at radius 2 is 2.04 bits per heavy atom. The van der Waals surface area contributed by atoms with E-state index in [1.807, 2.05) is 12.3 Å². The van der Waals surface area contributed by atoms with Crippen molar-refractivity contribution in [2.45, 2.75) is 6.92 Å². The molecule has 27 heavy (non-hydrogen) atoms. The van der Waals surface area contributed by atoms with Gasteiger partial charge in [-0.3, -0.25) is 4.79 Å². The number of pyridine rings is 1. The van der Waals surface area contributed by atoms with Crippen LogP contribution in [0.4, 0.5) is 5.69 Å². The van der Waals surface area contributed by atoms with Gasteiger partial charge in [-0.25, -0.2) is 9.78 Å². The molecule has 0 radical (unpaired) electrons. The molecule has 0 fully saturated rings. The number of carbonyl (C=O) groups is 2. The molecular weight excluding hydrogens is 388 g/mol. The van der Waals surface area contributed by atoms with E-state index in [0.717, 1.165) is 0 Å². The second-order valence-corrected chi connectivity index (χ2v) is 6.62. The molecule has 0 bridgehead atoms. The van der Waals surface area contributed by atoms with Gasteiger partial charge in [-0.2, -0.15) is 0 Å². The van der Waals surface area contributed by atoms with Crippen LogP contribution in [0, 0.1) is 0 Å². The monoisotopic (exact) mass is 402 g/mol. The Morgan fingerprint density at radius 1 is 1.19 bits per heavy atom. The summed E-state index contributed by atoms with van der Waals surface area (Å²) in [5, 5.41) is 4.73. The number of amides is 1. The van der Waals surface area contributed by atoms with Crippen LogP contribution in [0.2, 0.25) is 5.02 Å². The summed E-state index contributed by atoms with van der Waals surface area (Å²) in [6.45, 7) is 2.22. The maximum Gasteiger partial charge on any atom is 0.364 e. The average molecular weight is 403 g/mol. The summed E-state index contributed by atoms with van der Waals surface area (Å²) in [5.41, 5.74) is 0.455. The largest absolute Gasteiger partial charge is 0.478 e. The van der Waals surface area contributed by atoms with Gasteiger partial charge in [-0.1, -0.05) is 23.7 Å². The zero-order chi connectivity index (χ0) is 19.2. The molecule has 1 N–H and O–H groups in total. The van der Waals surface area contributed by atoms with Crippen LogP contribution < -0.4 is 14.8 Å². The van der Waals surface area contributed by atoms with E-state index < -0.39 is 5.97 Å². The Kier molecular flexibility index (Phi) is 6.05. The summed E-state index contributed by atoms with van der Waals surface area (Å²) in [6, 6.07) is 13.1. The SMILES string of the molecule is CCOc1ccc(Cl)c(C(=O)Oc2cccc(NC(=O)c3cccs3)c2)n1. The molecule has 1 amide bonds. The second-order valence-electron chi connectivity index (χ2n) is 5.26. The number of aromatic nitrogens is 1. The van der Waals surface area contributed by atoms with Gasteiger partial charge in [-0.15, -0.1) is 11.3 Å². The number of halogens is 1. The molecular formula is C19H15ClN2O4S. The third kappa shape index (κ3) is 4.84. The van der Waals surface area contributed by atoms with Crippen molar-refractivity contribution >= 4 is 40.5 Å². The molecule has 138 valence electrons. The van der Waals surface area contributed by atoms with Crippen LogP contribution in [-0.4, -0.2) is 23.5 Å². The molecule has 3 rings (SSSR count). The predicted molar refractivity (Wildman–Crippen MR) is 104 cm³/mol. The summed E-state index contributed by atoms with van der Waals surface area (Å²) in [6.07, 6.45) is 0. The topological polar surface area (TPSA) is 77.5 Å². The van der Waals surface area contributed by atoms with Gasteiger partial charge in [0.1, 0.15) is 5.75 Å². The maximum absolute atomic E-state index is 12.4. The van der Waals surface area contributed by atoms with Crippen molar-refractivity contribution in [1.29, 1.82) is 0 Å². The highest BCUT2D eigenvalue weighted by atomic mass is 35.5. The molecule has 0 saturated carbocycles. The minimum atomic E-state index is -0.719. The third-order valence-electron chi connectivity index (χ3n) is 3.35. The first-order valence-corrected chi connectivity index (χ1v) is 9.29. The number of benzene rings is 1. The number of hydrogen-bond donors (Lipinski definition) is 1. The van der Waals surface area contributed by atoms with Gasteiger partial charge in [0, 0.05) is 17.8 Å². The fraction of sp³-hybridized carbons (Fsp3) is 0.105. The lowest BCUT2D eigenvalue weighted by Crippen LogP contribution is -2.13. The van der Waals surface area contributed by atoms with Crippen LogP contribution in [0.3, 0.4) is 0 Å². The van der Waals surface area contributed by atoms with Crippen LogP contribution in [0.1, 0.15) is 27.1 Å². The molecule has 6 nitrogen and oxygen atoms in total. The number of anilines is 1. The summed E-state index contributed by atoms with van der Waals surface area (Å²) < 4.78 is 10.6. The van der Waals surface area contributed by atoms with Crippen molar-refractivity contribution in [1.82, 2.24) is 4.98 Å². The molecule has 0 aliphatic heterocycles. The summed E-state index contributed by atoms with van der Waals surface area (Å²) >= 11 is 7.38. The molecule has 0 saturated heterocycles. The molecule has 3 aromatic rings. The van der Waals surface area contributed by atoms with Gasteiger partial charge in [0.25, 0.3) is 5.91 Å². The van der Waals surface area contributed by atoms with Crippen molar-refractivity contribution in [3.05, 3.63) is 69.5 Å². The quantitative estimate of drug-likeness (QED) is 0.479. The fourth-order valence-electron chi connectivity index (χ4n) is 2.19. The summed E-state index contributed by atoms with van der Waals surface area (Å²) in [5.74, 6) is -0.416. The Morgan fingerprint density at radius 3 is 2.78 bits per heavy atom. The van der Waals surface area contributed by atoms with Crippen molar-refractivity contribution in [2.75, 3.05) is 11.9 Å². The molecule has 2 aromatic heterocycles. The first kappa shape index (κ1) is 18.9. The zero-order valence-corrected chi connectivity index (χ0v) is 15.8. The van der Waals surface area contributed by atoms with Gasteiger partial charge < -0.3 is 14.8 Å². The summed E-state index contributed by atoms with van der Waals surface area (Å²) in [7, 11) is 0. The molecule has 0 aliphatic rings. The van der Waals surface area contributed by atoms with E-state index in [1.165, 1.54) is 17.4 Å². The van der Waals surface area contributed by atoms with Gasteiger partial charge in [-0.05, 0) is 36.6 Å². The number of carbonyl (C=O) groups excluding carboxylic acids is 2. The average Bonchev–Trinajstić information content (AvgIpc) is 3.18. The highest BCUT2D eigenvalue weighted by Gasteiger charge is 2.17. The number of hydrogen-bond acceptors (Lipinski definition) is 6. The number of thiophene rings is 1. The van der Waals surface area contributed by atoms with Crippen molar-refractivity contribution in [3.63, 3.8) is 0 Å². The fourth-order valence-corrected chi connectivity index (χ4v) is 2.99. The third-order valence-corrected chi connectivity index (χ3v) is 4.53. The smallest absolute Gasteiger partial charge is 0.364 e. The lowest BCUT2D eigenvalue weighted by atomic mass is 10.3. The number of nitrogens with one attached hydrogen (secondary N) is 1. The Hall–Kier alpha value is -2.90. The van der Waals surface area contributed by atoms with Crippen LogP contribution in [-0.2, 0) is 0 Å². The molecule has 2 heterocycles. The van der Waals surface area contributed by atoms with Crippen LogP contribution >= 0.6 is 22.9 Å². The molecule has 8 heteroatoms. The van der Waals surface area contributed by atoms with Crippen LogP contribution in [0.5, 0.6) is 11.6 Å². The van der Waals surface area contributed by atoms with E-state index in [4.69, 9.17) is 21.1 Å². The van der Waals surface area contributed by atoms with E-state index >= 15 is 0 Å². The van der Waals surface area contributed by atoms with Crippen LogP contribution in [0.15, 0.2) is 53.9 Å². The Balaban J connectivity index is 1.73. The van der Waals surface area contributed by atoms with E-state index in [0.29, 0.717) is 17.2 Å². The van der Waals surface area contributed by atoms with Gasteiger partial charge in [0.2, 0.25) is 5.88 Å². The minimum Gasteiger partial charge on any atom is -0.478 e. The lowest BCUT2D eigenvalue weighted by Gasteiger charge is -2.09. The van der Waals surface area contributed by atoms with Crippen molar-refractivity contribution < 1.29 is 19.1 Å². The number of ether oxygens (including phenoxy) is 2. The van der Waals surface area contributed by atoms with E-state index in [2.05, 4.69) is 10.3 Å². The van der Waals surface area contributed by atoms with Crippen LogP contribution in [0.25, 0.3) is 0 Å². The summed E-state index contributed by atoms with van der Waals surface area (Å²) in [4.78, 5) is 29.2. The van der Waals surface area contributed by atoms with Gasteiger partial charge in [0.05, 0.1) is 16.5 Å². The molecule has 1 aromatic carbocycles. The highest BCUT2D eigenvalue weighted by Crippen LogP contribution is 2.23. The standard InChI is InChI=1S/C19H15ClN2O4S/c1-2-25-16-9-8-14(20)17(22-16)19(24)26-13-6-3-5-12(11-13)21-18(23)15-7-4-10-27-15/h3-11H,2H2,1H3,(H,21,23). The van der Waals surface area contributed by atoms with E-state index in [9.17, 15) is 9.59 Å². The first-order chi connectivity index (χ1) is 13.1. The highest BCUT2D eigenvalue weighted by molar-refractivity contribution is 7.12.